The summed E-state index contributed by atoms with van der Waals surface area (Å²) >= 11 is 0. The highest BCUT2D eigenvalue weighted by Crippen LogP contribution is 2.39. The second-order valence-corrected chi connectivity index (χ2v) is 8.67. The lowest BCUT2D eigenvalue weighted by Gasteiger charge is -2.37. The predicted molar refractivity (Wildman–Crippen MR) is 135 cm³/mol. The largest absolute Gasteiger partial charge is 0.497 e. The standard InChI is InChI=1S/C28H34N2O5/c1-3-34-28-22(10-7-15-31)23(19-8-5-4-6-9-19)17-26(35-28)27(32)29-14-13-20-18-30-25-12-11-21(33-2)16-24(20)25/h4-6,8-9,11-12,16-18,22-23,28,30-31H,3,7,10,13-15H2,1-2H3,(H,29,32)/t22-,23+,28+/m0/s1. The predicted octanol–water partition coefficient (Wildman–Crippen LogP) is 4.28. The van der Waals surface area contributed by atoms with Crippen LogP contribution in [-0.4, -0.2) is 49.2 Å². The molecule has 186 valence electrons. The van der Waals surface area contributed by atoms with Gasteiger partial charge in [-0.1, -0.05) is 30.3 Å². The zero-order valence-electron chi connectivity index (χ0n) is 20.3. The summed E-state index contributed by atoms with van der Waals surface area (Å²) in [5.74, 6) is 0.775. The van der Waals surface area contributed by atoms with E-state index in [-0.39, 0.29) is 30.1 Å². The van der Waals surface area contributed by atoms with E-state index in [1.165, 1.54) is 0 Å². The van der Waals surface area contributed by atoms with E-state index in [0.29, 0.717) is 26.0 Å². The maximum atomic E-state index is 13.1. The molecule has 3 N–H and O–H groups in total. The molecule has 7 nitrogen and oxygen atoms in total. The smallest absolute Gasteiger partial charge is 0.286 e. The molecule has 0 fully saturated rings. The van der Waals surface area contributed by atoms with Gasteiger partial charge in [0.05, 0.1) is 7.11 Å². The van der Waals surface area contributed by atoms with Gasteiger partial charge in [0.25, 0.3) is 5.91 Å². The molecule has 0 spiro atoms. The molecule has 3 aromatic rings. The monoisotopic (exact) mass is 478 g/mol. The van der Waals surface area contributed by atoms with E-state index in [1.807, 2.05) is 55.6 Å². The van der Waals surface area contributed by atoms with Gasteiger partial charge in [0.1, 0.15) is 5.75 Å². The lowest BCUT2D eigenvalue weighted by atomic mass is 9.80. The maximum Gasteiger partial charge on any atom is 0.286 e. The molecule has 0 radical (unpaired) electrons. The Morgan fingerprint density at radius 2 is 2.03 bits per heavy atom. The average molecular weight is 479 g/mol. The van der Waals surface area contributed by atoms with Crippen LogP contribution in [-0.2, 0) is 20.7 Å². The van der Waals surface area contributed by atoms with Crippen molar-refractivity contribution in [2.24, 2.45) is 5.92 Å². The van der Waals surface area contributed by atoms with Crippen molar-refractivity contribution in [1.29, 1.82) is 0 Å². The first-order valence-corrected chi connectivity index (χ1v) is 12.2. The highest BCUT2D eigenvalue weighted by Gasteiger charge is 2.37. The third-order valence-electron chi connectivity index (χ3n) is 6.47. The third-order valence-corrected chi connectivity index (χ3v) is 6.47. The molecule has 35 heavy (non-hydrogen) atoms. The molecular weight excluding hydrogens is 444 g/mol. The Kier molecular flexibility index (Phi) is 8.45. The molecule has 1 aliphatic rings. The number of allylic oxidation sites excluding steroid dienone is 1. The highest BCUT2D eigenvalue weighted by molar-refractivity contribution is 5.92. The summed E-state index contributed by atoms with van der Waals surface area (Å²) in [6.45, 7) is 2.96. The van der Waals surface area contributed by atoms with Gasteiger partial charge in [0.2, 0.25) is 6.29 Å². The van der Waals surface area contributed by atoms with Crippen LogP contribution in [0.5, 0.6) is 5.75 Å². The number of carbonyl (C=O) groups is 1. The summed E-state index contributed by atoms with van der Waals surface area (Å²) in [7, 11) is 1.65. The summed E-state index contributed by atoms with van der Waals surface area (Å²) in [6.07, 6.45) is 5.36. The number of ether oxygens (including phenoxy) is 3. The Morgan fingerprint density at radius 1 is 1.20 bits per heavy atom. The number of hydrogen-bond acceptors (Lipinski definition) is 5. The number of fused-ring (bicyclic) bond motifs is 1. The lowest BCUT2D eigenvalue weighted by Crippen LogP contribution is -2.39. The van der Waals surface area contributed by atoms with Crippen molar-refractivity contribution in [3.05, 3.63) is 77.7 Å². The molecule has 4 rings (SSSR count). The molecule has 2 aromatic carbocycles. The zero-order chi connectivity index (χ0) is 24.6. The lowest BCUT2D eigenvalue weighted by molar-refractivity contribution is -0.166. The summed E-state index contributed by atoms with van der Waals surface area (Å²) in [5.41, 5.74) is 3.24. The molecular formula is C28H34N2O5. The van der Waals surface area contributed by atoms with E-state index >= 15 is 0 Å². The fourth-order valence-corrected chi connectivity index (χ4v) is 4.71. The van der Waals surface area contributed by atoms with Crippen LogP contribution in [0.25, 0.3) is 10.9 Å². The number of aromatic nitrogens is 1. The molecule has 1 amide bonds. The quantitative estimate of drug-likeness (QED) is 0.382. The number of aliphatic hydroxyl groups is 1. The van der Waals surface area contributed by atoms with Gasteiger partial charge in [0.15, 0.2) is 5.76 Å². The van der Waals surface area contributed by atoms with Crippen molar-refractivity contribution in [3.63, 3.8) is 0 Å². The van der Waals surface area contributed by atoms with Gasteiger partial charge in [-0.3, -0.25) is 4.79 Å². The normalized spacial score (nSPS) is 19.7. The minimum atomic E-state index is -0.552. The number of H-pyrrole nitrogens is 1. The highest BCUT2D eigenvalue weighted by atomic mass is 16.7. The van der Waals surface area contributed by atoms with Crippen LogP contribution in [0, 0.1) is 5.92 Å². The van der Waals surface area contributed by atoms with Gasteiger partial charge in [-0.15, -0.1) is 0 Å². The zero-order valence-corrected chi connectivity index (χ0v) is 20.3. The number of carbonyl (C=O) groups excluding carboxylic acids is 1. The van der Waals surface area contributed by atoms with Gasteiger partial charge in [-0.05, 0) is 61.6 Å². The van der Waals surface area contributed by atoms with Crippen LogP contribution in [0.4, 0.5) is 0 Å². The summed E-state index contributed by atoms with van der Waals surface area (Å²) < 4.78 is 17.3. The number of hydrogen-bond donors (Lipinski definition) is 3. The number of aromatic amines is 1. The van der Waals surface area contributed by atoms with Crippen molar-refractivity contribution >= 4 is 16.8 Å². The van der Waals surface area contributed by atoms with E-state index in [0.717, 1.165) is 34.2 Å². The Hall–Kier alpha value is -3.29. The maximum absolute atomic E-state index is 13.1. The first-order chi connectivity index (χ1) is 17.1. The average Bonchev–Trinajstić information content (AvgIpc) is 3.30. The van der Waals surface area contributed by atoms with E-state index in [4.69, 9.17) is 14.2 Å². The molecule has 0 bridgehead atoms. The Labute approximate surface area is 206 Å². The molecule has 1 aromatic heterocycles. The second kappa shape index (κ2) is 11.9. The first-order valence-electron chi connectivity index (χ1n) is 12.2. The number of amides is 1. The second-order valence-electron chi connectivity index (χ2n) is 8.67. The van der Waals surface area contributed by atoms with E-state index in [9.17, 15) is 9.90 Å². The summed E-state index contributed by atoms with van der Waals surface area (Å²) in [4.78, 5) is 16.4. The molecule has 0 saturated heterocycles. The van der Waals surface area contributed by atoms with Crippen molar-refractivity contribution < 1.29 is 24.1 Å². The van der Waals surface area contributed by atoms with Crippen molar-refractivity contribution in [3.8, 4) is 5.75 Å². The van der Waals surface area contributed by atoms with E-state index < -0.39 is 6.29 Å². The van der Waals surface area contributed by atoms with Crippen LogP contribution in [0.3, 0.4) is 0 Å². The van der Waals surface area contributed by atoms with Gasteiger partial charge in [0, 0.05) is 48.7 Å². The van der Waals surface area contributed by atoms with Gasteiger partial charge in [-0.2, -0.15) is 0 Å². The molecule has 7 heteroatoms. The summed E-state index contributed by atoms with van der Waals surface area (Å²) in [6, 6.07) is 16.0. The molecule has 1 aliphatic heterocycles. The van der Waals surface area contributed by atoms with Crippen LogP contribution in [0.1, 0.15) is 36.8 Å². The third kappa shape index (κ3) is 5.86. The van der Waals surface area contributed by atoms with Crippen LogP contribution >= 0.6 is 0 Å². The van der Waals surface area contributed by atoms with Crippen molar-refractivity contribution in [1.82, 2.24) is 10.3 Å². The molecule has 0 aliphatic carbocycles. The Bertz CT molecular complexity index is 1140. The fraction of sp³-hybridized carbons (Fsp3) is 0.393. The number of methoxy groups -OCH3 is 1. The Morgan fingerprint density at radius 3 is 2.77 bits per heavy atom. The molecule has 0 unspecified atom stereocenters. The molecule has 0 saturated carbocycles. The molecule has 2 heterocycles. The Balaban J connectivity index is 1.49. The van der Waals surface area contributed by atoms with Gasteiger partial charge >= 0.3 is 0 Å². The number of benzene rings is 2. The van der Waals surface area contributed by atoms with E-state index in [1.54, 1.807) is 7.11 Å². The van der Waals surface area contributed by atoms with Crippen LogP contribution in [0.2, 0.25) is 0 Å². The fourth-order valence-electron chi connectivity index (χ4n) is 4.71. The van der Waals surface area contributed by atoms with Gasteiger partial charge < -0.3 is 29.6 Å². The minimum Gasteiger partial charge on any atom is -0.497 e. The van der Waals surface area contributed by atoms with Crippen LogP contribution in [0.15, 0.2) is 66.6 Å². The first kappa shape index (κ1) is 24.8. The number of nitrogens with one attached hydrogen (secondary N) is 2. The number of aliphatic hydroxyl groups excluding tert-OH is 1. The summed E-state index contributed by atoms with van der Waals surface area (Å²) in [5, 5.41) is 13.5. The van der Waals surface area contributed by atoms with Crippen molar-refractivity contribution in [2.45, 2.75) is 38.4 Å². The van der Waals surface area contributed by atoms with E-state index in [2.05, 4.69) is 22.4 Å². The van der Waals surface area contributed by atoms with Crippen LogP contribution < -0.4 is 10.1 Å². The minimum absolute atomic E-state index is 0.00208. The SMILES string of the molecule is CCO[C@@H]1OC(C(=O)NCCc2c[nH]c3ccc(OC)cc23)=C[C@H](c2ccccc2)[C@@H]1CCCO. The number of rotatable bonds is 11. The topological polar surface area (TPSA) is 92.8 Å². The molecule has 3 atom stereocenters. The van der Waals surface area contributed by atoms with Crippen molar-refractivity contribution in [2.75, 3.05) is 26.9 Å². The van der Waals surface area contributed by atoms with Gasteiger partial charge in [-0.25, -0.2) is 0 Å².